The van der Waals surface area contributed by atoms with E-state index in [9.17, 15) is 0 Å². The highest BCUT2D eigenvalue weighted by Gasteiger charge is 2.41. The molecule has 0 N–H and O–H groups in total. The monoisotopic (exact) mass is 1180 g/mol. The van der Waals surface area contributed by atoms with Crippen LogP contribution in [0.15, 0.2) is 328 Å². The molecule has 15 rings (SSSR count). The van der Waals surface area contributed by atoms with Crippen LogP contribution in [0.2, 0.25) is 0 Å². The van der Waals surface area contributed by atoms with Crippen molar-refractivity contribution >= 4 is 157 Å². The zero-order valence-corrected chi connectivity index (χ0v) is 50.2. The number of fused-ring (bicyclic) bond motifs is 6. The van der Waals surface area contributed by atoms with E-state index < -0.39 is 28.6 Å². The van der Waals surface area contributed by atoms with Gasteiger partial charge >= 0.3 is 0 Å². The van der Waals surface area contributed by atoms with Crippen LogP contribution in [-0.2, 0) is 18.3 Å². The van der Waals surface area contributed by atoms with Crippen molar-refractivity contribution in [3.8, 4) is 0 Å². The Morgan fingerprint density at radius 2 is 0.349 bits per heavy atom. The van der Waals surface area contributed by atoms with Crippen LogP contribution in [0.1, 0.15) is 0 Å². The fraction of sp³-hybridized carbons (Fsp3) is 0. The normalized spacial score (nSPS) is 14.6. The summed E-state index contributed by atoms with van der Waals surface area (Å²) < 4.78 is 69.2. The highest BCUT2D eigenvalue weighted by atomic mass is 31.2. The second-order valence-electron chi connectivity index (χ2n) is 22.0. The Morgan fingerprint density at radius 1 is 0.151 bits per heavy atom. The van der Waals surface area contributed by atoms with Gasteiger partial charge in [-0.15, -0.1) is 0 Å². The van der Waals surface area contributed by atoms with E-state index in [1.165, 1.54) is 0 Å². The van der Waals surface area contributed by atoms with E-state index >= 15 is 18.3 Å². The minimum Gasteiger partial charge on any atom is -0.309 e. The molecular formula is C78H54O4P4. The van der Waals surface area contributed by atoms with Crippen LogP contribution in [0.4, 0.5) is 0 Å². The predicted octanol–water partition coefficient (Wildman–Crippen LogP) is 15.2. The van der Waals surface area contributed by atoms with E-state index in [0.717, 1.165) is 32.3 Å². The molecule has 410 valence electrons. The molecule has 3 unspecified atom stereocenters. The molecule has 0 amide bonds. The van der Waals surface area contributed by atoms with Gasteiger partial charge in [0.25, 0.3) is 0 Å². The van der Waals surface area contributed by atoms with Gasteiger partial charge in [-0.3, -0.25) is 0 Å². The van der Waals surface area contributed by atoms with Crippen molar-refractivity contribution in [3.63, 3.8) is 0 Å². The average molecular weight is 1180 g/mol. The summed E-state index contributed by atoms with van der Waals surface area (Å²) in [5.41, 5.74) is 0. The molecule has 0 aromatic heterocycles. The molecule has 15 aromatic rings. The molecule has 3 atom stereocenters. The summed E-state index contributed by atoms with van der Waals surface area (Å²) in [7, 11) is -15.2. The van der Waals surface area contributed by atoms with Gasteiger partial charge in [-0.1, -0.05) is 273 Å². The highest BCUT2D eigenvalue weighted by Crippen LogP contribution is 2.53. The zero-order valence-electron chi connectivity index (χ0n) is 46.6. The lowest BCUT2D eigenvalue weighted by Gasteiger charge is -2.29. The Labute approximate surface area is 499 Å². The largest absolute Gasteiger partial charge is 0.309 e. The molecule has 0 aliphatic carbocycles. The van der Waals surface area contributed by atoms with E-state index in [4.69, 9.17) is 0 Å². The van der Waals surface area contributed by atoms with Crippen molar-refractivity contribution in [2.45, 2.75) is 0 Å². The molecule has 0 heterocycles. The van der Waals surface area contributed by atoms with Gasteiger partial charge in [-0.05, 0) is 119 Å². The third-order valence-electron chi connectivity index (χ3n) is 17.3. The second-order valence-corrected chi connectivity index (χ2v) is 32.8. The van der Waals surface area contributed by atoms with Gasteiger partial charge in [-0.2, -0.15) is 0 Å². The molecule has 0 radical (unpaired) electrons. The summed E-state index contributed by atoms with van der Waals surface area (Å²) in [6, 6.07) is 107. The molecule has 4 nitrogen and oxygen atoms in total. The van der Waals surface area contributed by atoms with Gasteiger partial charge in [0.2, 0.25) is 0 Å². The molecule has 0 aliphatic heterocycles. The minimum absolute atomic E-state index is 0.548. The summed E-state index contributed by atoms with van der Waals surface area (Å²) >= 11 is 0. The third-order valence-corrected chi connectivity index (χ3v) is 29.8. The first-order valence-corrected chi connectivity index (χ1v) is 35.6. The Bertz CT molecular complexity index is 4860. The van der Waals surface area contributed by atoms with Gasteiger partial charge in [-0.25, -0.2) is 0 Å². The van der Waals surface area contributed by atoms with Crippen molar-refractivity contribution in [2.75, 3.05) is 0 Å². The molecule has 0 aliphatic rings. The predicted molar refractivity (Wildman–Crippen MR) is 369 cm³/mol. The van der Waals surface area contributed by atoms with Crippen LogP contribution < -0.4 is 63.7 Å². The standard InChI is InChI=1S/C78H54O4P4/c79-83(61-28-4-1-5-29-61,64-43-40-55-22-10-13-25-58(55)52-64)73-46-49-76(70-37-19-16-34-67(70)73)86(82,77-50-47-74(68-35-17-20-38-71(68)77)84(80,62-30-6-2-7-31-62)65-44-41-56-23-11-14-26-59(56)53-65)78-51-48-75(69-36-18-21-39-72(69)78)85(81,63-32-8-3-9-33-63)66-45-42-57-24-12-15-27-60(57)54-66/h1-54H. The maximum atomic E-state index is 18.6. The van der Waals surface area contributed by atoms with Gasteiger partial charge in [0, 0.05) is 63.7 Å². The molecule has 0 bridgehead atoms. The first-order valence-electron chi connectivity index (χ1n) is 28.8. The fourth-order valence-electron chi connectivity index (χ4n) is 13.2. The summed E-state index contributed by atoms with van der Waals surface area (Å²) in [6.07, 6.45) is 0. The van der Waals surface area contributed by atoms with E-state index in [2.05, 4.69) is 54.6 Å². The number of benzene rings is 15. The lowest BCUT2D eigenvalue weighted by molar-refractivity contribution is 0.591. The van der Waals surface area contributed by atoms with Crippen molar-refractivity contribution in [1.29, 1.82) is 0 Å². The number of rotatable bonds is 12. The van der Waals surface area contributed by atoms with Gasteiger partial charge < -0.3 is 18.3 Å². The van der Waals surface area contributed by atoms with Crippen molar-refractivity contribution < 1.29 is 18.3 Å². The van der Waals surface area contributed by atoms with Crippen LogP contribution in [0, 0.1) is 0 Å². The van der Waals surface area contributed by atoms with Crippen LogP contribution in [-0.4, -0.2) is 0 Å². The molecule has 86 heavy (non-hydrogen) atoms. The highest BCUT2D eigenvalue weighted by molar-refractivity contribution is 7.88. The van der Waals surface area contributed by atoms with Crippen LogP contribution in [0.5, 0.6) is 0 Å². The Hall–Kier alpha value is -9.22. The SMILES string of the molecule is O=P(c1ccccc1)(c1ccc2ccccc2c1)c1ccc(P(=O)(c2ccc(P(=O)(c3ccccc3)c3ccc4ccccc4c3)c3ccccc23)c2ccc(P(=O)(c3ccccc3)c3ccc4ccccc4c3)c3ccccc23)c2ccccc12. The Balaban J connectivity index is 1.03. The molecule has 0 saturated carbocycles. The first kappa shape index (κ1) is 53.5. The zero-order chi connectivity index (χ0) is 58.0. The first-order chi connectivity index (χ1) is 42.2. The van der Waals surface area contributed by atoms with Crippen molar-refractivity contribution in [1.82, 2.24) is 0 Å². The quantitative estimate of drug-likeness (QED) is 0.114. The summed E-state index contributed by atoms with van der Waals surface area (Å²) in [5, 5.41) is 17.9. The van der Waals surface area contributed by atoms with Gasteiger partial charge in [0.15, 0.2) is 28.6 Å². The van der Waals surface area contributed by atoms with E-state index in [1.54, 1.807) is 0 Å². The van der Waals surface area contributed by atoms with Crippen LogP contribution >= 0.6 is 28.6 Å². The number of hydrogen-bond donors (Lipinski definition) is 0. The fourth-order valence-corrected chi connectivity index (χ4v) is 25.0. The smallest absolute Gasteiger partial charge is 0.172 e. The molecular weight excluding hydrogens is 1120 g/mol. The Morgan fingerprint density at radius 3 is 0.593 bits per heavy atom. The van der Waals surface area contributed by atoms with Crippen molar-refractivity contribution in [2.24, 2.45) is 0 Å². The maximum absolute atomic E-state index is 18.6. The molecule has 0 spiro atoms. The molecule has 15 aromatic carbocycles. The molecule has 0 fully saturated rings. The van der Waals surface area contributed by atoms with Gasteiger partial charge in [0.05, 0.1) is 0 Å². The van der Waals surface area contributed by atoms with E-state index in [0.29, 0.717) is 96.0 Å². The Kier molecular flexibility index (Phi) is 13.3. The summed E-state index contributed by atoms with van der Waals surface area (Å²) in [5.74, 6) is 0. The second kappa shape index (κ2) is 21.4. The van der Waals surface area contributed by atoms with E-state index in [-0.39, 0.29) is 0 Å². The average Bonchev–Trinajstić information content (AvgIpc) is 0.959. The molecule has 0 saturated heterocycles. The lowest BCUT2D eigenvalue weighted by Crippen LogP contribution is -2.33. The maximum Gasteiger partial charge on any atom is 0.172 e. The van der Waals surface area contributed by atoms with Gasteiger partial charge in [0.1, 0.15) is 0 Å². The third kappa shape index (κ3) is 8.50. The summed E-state index contributed by atoms with van der Waals surface area (Å²) in [4.78, 5) is 0. The lowest BCUT2D eigenvalue weighted by atomic mass is 10.1. The minimum atomic E-state index is -4.23. The van der Waals surface area contributed by atoms with Crippen LogP contribution in [0.3, 0.4) is 0 Å². The number of hydrogen-bond acceptors (Lipinski definition) is 4. The van der Waals surface area contributed by atoms with Crippen molar-refractivity contribution in [3.05, 3.63) is 328 Å². The summed E-state index contributed by atoms with van der Waals surface area (Å²) in [6.45, 7) is 0. The molecule has 8 heteroatoms. The van der Waals surface area contributed by atoms with Crippen LogP contribution in [0.25, 0.3) is 64.6 Å². The topological polar surface area (TPSA) is 68.3 Å². The van der Waals surface area contributed by atoms with E-state index in [1.807, 2.05) is 273 Å².